The van der Waals surface area contributed by atoms with Crippen LogP contribution >= 0.6 is 0 Å². The zero-order chi connectivity index (χ0) is 28.6. The highest BCUT2D eigenvalue weighted by molar-refractivity contribution is 6.11. The molecule has 3 amide bonds. The zero-order valence-corrected chi connectivity index (χ0v) is 23.0. The van der Waals surface area contributed by atoms with E-state index in [1.165, 1.54) is 9.80 Å². The summed E-state index contributed by atoms with van der Waals surface area (Å²) in [5, 5.41) is 15.6. The molecule has 1 aromatic heterocycles. The van der Waals surface area contributed by atoms with Gasteiger partial charge in [0.2, 0.25) is 0 Å². The maximum absolute atomic E-state index is 13.9. The molecule has 6 rings (SSSR count). The van der Waals surface area contributed by atoms with Crippen molar-refractivity contribution >= 4 is 40.4 Å². The molecule has 40 heavy (non-hydrogen) atoms. The van der Waals surface area contributed by atoms with Crippen molar-refractivity contribution in [2.75, 3.05) is 4.90 Å². The van der Waals surface area contributed by atoms with Crippen LogP contribution in [0.15, 0.2) is 79.2 Å². The number of benzene rings is 2. The number of H-pyrrole nitrogens is 1. The topological polar surface area (TPSA) is 106 Å². The lowest BCUT2D eigenvalue weighted by Gasteiger charge is -2.37. The van der Waals surface area contributed by atoms with Gasteiger partial charge in [-0.15, -0.1) is 6.58 Å². The predicted octanol–water partition coefficient (Wildman–Crippen LogP) is 4.23. The first-order chi connectivity index (χ1) is 18.9. The fraction of sp³-hybridized carbons (Fsp3) is 0.281. The molecule has 8 heteroatoms. The quantitative estimate of drug-likeness (QED) is 0.434. The molecular formula is C32H32N4O4. The Morgan fingerprint density at radius 3 is 2.52 bits per heavy atom. The fourth-order valence-electron chi connectivity index (χ4n) is 6.00. The zero-order valence-electron chi connectivity index (χ0n) is 23.0. The number of piperazine rings is 1. The molecule has 3 N–H and O–H groups in total. The maximum atomic E-state index is 13.9. The van der Waals surface area contributed by atoms with Crippen LogP contribution in [0, 0.1) is 0 Å². The van der Waals surface area contributed by atoms with Crippen molar-refractivity contribution in [3.05, 3.63) is 96.0 Å². The van der Waals surface area contributed by atoms with Crippen LogP contribution in [0.4, 0.5) is 5.69 Å². The second-order valence-electron chi connectivity index (χ2n) is 11.8. The molecule has 204 valence electrons. The van der Waals surface area contributed by atoms with E-state index >= 15 is 0 Å². The molecular weight excluding hydrogens is 504 g/mol. The van der Waals surface area contributed by atoms with Crippen LogP contribution in [0.5, 0.6) is 0 Å². The number of amides is 3. The number of nitrogens with one attached hydrogen (secondary N) is 2. The number of hydrogen-bond donors (Lipinski definition) is 3. The molecule has 3 aliphatic heterocycles. The lowest BCUT2D eigenvalue weighted by atomic mass is 9.84. The minimum absolute atomic E-state index is 0.179. The Morgan fingerprint density at radius 2 is 1.77 bits per heavy atom. The summed E-state index contributed by atoms with van der Waals surface area (Å²) in [6.07, 6.45) is 6.58. The summed E-state index contributed by atoms with van der Waals surface area (Å²) in [5.74, 6) is -1.45. The van der Waals surface area contributed by atoms with Crippen LogP contribution in [-0.2, 0) is 25.4 Å². The van der Waals surface area contributed by atoms with Crippen molar-refractivity contribution in [1.82, 2.24) is 15.2 Å². The summed E-state index contributed by atoms with van der Waals surface area (Å²) in [5.41, 5.74) is 0.560. The maximum Gasteiger partial charge on any atom is 0.269 e. The molecule has 1 fully saturated rings. The average molecular weight is 537 g/mol. The van der Waals surface area contributed by atoms with Crippen molar-refractivity contribution in [2.45, 2.75) is 56.7 Å². The summed E-state index contributed by atoms with van der Waals surface area (Å²) >= 11 is 0. The summed E-state index contributed by atoms with van der Waals surface area (Å²) in [7, 11) is 0. The second-order valence-corrected chi connectivity index (χ2v) is 11.8. The second kappa shape index (κ2) is 8.53. The first kappa shape index (κ1) is 25.8. The van der Waals surface area contributed by atoms with Crippen molar-refractivity contribution in [3.63, 3.8) is 0 Å². The Bertz CT molecular complexity index is 1680. The van der Waals surface area contributed by atoms with E-state index in [9.17, 15) is 19.5 Å². The first-order valence-electron chi connectivity index (χ1n) is 13.4. The number of para-hydroxylation sites is 2. The number of aromatic nitrogens is 1. The molecule has 0 radical (unpaired) electrons. The van der Waals surface area contributed by atoms with E-state index in [2.05, 4.69) is 16.9 Å². The number of aliphatic hydroxyl groups is 1. The first-order valence-corrected chi connectivity index (χ1v) is 13.4. The third kappa shape index (κ3) is 3.59. The van der Waals surface area contributed by atoms with Crippen molar-refractivity contribution in [2.24, 2.45) is 0 Å². The van der Waals surface area contributed by atoms with Gasteiger partial charge in [0.15, 0.2) is 5.60 Å². The van der Waals surface area contributed by atoms with Crippen molar-refractivity contribution < 1.29 is 19.5 Å². The molecule has 8 nitrogen and oxygen atoms in total. The lowest BCUT2D eigenvalue weighted by Crippen LogP contribution is -2.58. The molecule has 3 aliphatic rings. The number of fused-ring (bicyclic) bond motifs is 5. The fourth-order valence-corrected chi connectivity index (χ4v) is 6.00. The summed E-state index contributed by atoms with van der Waals surface area (Å²) < 4.78 is 0. The third-order valence-electron chi connectivity index (χ3n) is 8.37. The standard InChI is InChI=1S/C32H32N4O4/c1-6-31(4,5)36-24-14-10-8-12-21(24)32(40,29(36)39)18-23-28(38)35-16-15-30(2,3)26-20(17-25(35)27(37)34-23)19-11-7-9-13-22(19)33-26/h6-17,23,33,40H,1,18H2,2-5H3,(H,34,37)/b16-15-,25-17-. The Balaban J connectivity index is 1.41. The van der Waals surface area contributed by atoms with Crippen LogP contribution in [0.25, 0.3) is 17.0 Å². The van der Waals surface area contributed by atoms with Crippen molar-refractivity contribution in [1.29, 1.82) is 0 Å². The molecule has 2 unspecified atom stereocenters. The highest BCUT2D eigenvalue weighted by Gasteiger charge is 2.55. The van der Waals surface area contributed by atoms with Gasteiger partial charge in [0.1, 0.15) is 11.7 Å². The number of nitrogens with zero attached hydrogens (tertiary/aromatic N) is 2. The van der Waals surface area contributed by atoms with Crippen LogP contribution in [-0.4, -0.2) is 44.3 Å². The summed E-state index contributed by atoms with van der Waals surface area (Å²) in [6.45, 7) is 11.6. The Morgan fingerprint density at radius 1 is 1.07 bits per heavy atom. The van der Waals surface area contributed by atoms with E-state index in [0.29, 0.717) is 11.3 Å². The van der Waals surface area contributed by atoms with Gasteiger partial charge in [0, 0.05) is 45.8 Å². The van der Waals surface area contributed by atoms with E-state index in [0.717, 1.165) is 22.2 Å². The van der Waals surface area contributed by atoms with Crippen LogP contribution in [0.3, 0.4) is 0 Å². The third-order valence-corrected chi connectivity index (χ3v) is 8.37. The Kier molecular flexibility index (Phi) is 5.51. The van der Waals surface area contributed by atoms with Crippen LogP contribution < -0.4 is 10.2 Å². The lowest BCUT2D eigenvalue weighted by molar-refractivity contribution is -0.145. The molecule has 0 aliphatic carbocycles. The predicted molar refractivity (Wildman–Crippen MR) is 154 cm³/mol. The van der Waals surface area contributed by atoms with Gasteiger partial charge in [-0.05, 0) is 32.1 Å². The smallest absolute Gasteiger partial charge is 0.269 e. The number of allylic oxidation sites excluding steroid dienone is 1. The van der Waals surface area contributed by atoms with E-state index in [4.69, 9.17) is 0 Å². The highest BCUT2D eigenvalue weighted by Crippen LogP contribution is 2.47. The molecule has 1 saturated heterocycles. The van der Waals surface area contributed by atoms with Gasteiger partial charge in [-0.3, -0.25) is 19.3 Å². The number of anilines is 1. The number of hydrogen-bond acceptors (Lipinski definition) is 4. The van der Waals surface area contributed by atoms with Crippen LogP contribution in [0.2, 0.25) is 0 Å². The van der Waals surface area contributed by atoms with Gasteiger partial charge in [-0.1, -0.05) is 62.4 Å². The largest absolute Gasteiger partial charge is 0.375 e. The molecule has 2 aromatic carbocycles. The van der Waals surface area contributed by atoms with E-state index < -0.39 is 40.3 Å². The minimum Gasteiger partial charge on any atom is -0.375 e. The molecule has 0 spiro atoms. The van der Waals surface area contributed by atoms with E-state index in [1.54, 1.807) is 42.6 Å². The van der Waals surface area contributed by atoms with Crippen molar-refractivity contribution in [3.8, 4) is 0 Å². The molecule has 0 bridgehead atoms. The monoisotopic (exact) mass is 536 g/mol. The van der Waals surface area contributed by atoms with E-state index in [-0.39, 0.29) is 12.1 Å². The Hall–Kier alpha value is -4.43. The number of carbonyl (C=O) groups is 3. The van der Waals surface area contributed by atoms with Gasteiger partial charge in [0.25, 0.3) is 17.7 Å². The molecule has 0 saturated carbocycles. The Labute approximate surface area is 232 Å². The average Bonchev–Trinajstić information content (AvgIpc) is 3.39. The van der Waals surface area contributed by atoms with Gasteiger partial charge in [-0.25, -0.2) is 0 Å². The van der Waals surface area contributed by atoms with Gasteiger partial charge in [-0.2, -0.15) is 0 Å². The number of rotatable bonds is 4. The number of carbonyl (C=O) groups excluding carboxylic acids is 3. The molecule has 4 heterocycles. The normalized spacial score (nSPS) is 25.8. The van der Waals surface area contributed by atoms with Gasteiger partial charge in [0.05, 0.1) is 11.2 Å². The van der Waals surface area contributed by atoms with Gasteiger partial charge >= 0.3 is 0 Å². The SMILES string of the molecule is C=CC(C)(C)N1C(=O)C(O)(CC2NC(=O)/C3=C/c4c([nH]c5ccccc45)C(C)(C)/C=C\N3C2=O)c2ccccc21. The molecule has 2 atom stereocenters. The minimum atomic E-state index is -2.01. The summed E-state index contributed by atoms with van der Waals surface area (Å²) in [6, 6.07) is 13.7. The molecule has 3 aromatic rings. The number of aromatic amines is 1. The summed E-state index contributed by atoms with van der Waals surface area (Å²) in [4.78, 5) is 47.6. The van der Waals surface area contributed by atoms with Crippen LogP contribution in [0.1, 0.15) is 50.9 Å². The van der Waals surface area contributed by atoms with Gasteiger partial charge < -0.3 is 20.3 Å². The van der Waals surface area contributed by atoms with E-state index in [1.807, 2.05) is 58.0 Å². The highest BCUT2D eigenvalue weighted by atomic mass is 16.3.